The lowest BCUT2D eigenvalue weighted by Crippen LogP contribution is -2.37. The van der Waals surface area contributed by atoms with E-state index in [-0.39, 0.29) is 12.4 Å². The number of amides is 1. The van der Waals surface area contributed by atoms with Crippen LogP contribution < -0.4 is 11.5 Å². The molecule has 1 amide bonds. The van der Waals surface area contributed by atoms with Gasteiger partial charge in [0.2, 0.25) is 5.91 Å². The molecular formula is C13H15ClN2O2. The van der Waals surface area contributed by atoms with Gasteiger partial charge in [0.05, 0.1) is 6.04 Å². The number of primary amides is 1. The number of hydrogen-bond acceptors (Lipinski definition) is 3. The predicted molar refractivity (Wildman–Crippen MR) is 73.3 cm³/mol. The van der Waals surface area contributed by atoms with Crippen LogP contribution in [-0.4, -0.2) is 17.1 Å². The van der Waals surface area contributed by atoms with Gasteiger partial charge in [0, 0.05) is 0 Å². The molecule has 0 aliphatic carbocycles. The van der Waals surface area contributed by atoms with Crippen LogP contribution in [0.25, 0.3) is 10.8 Å². The Morgan fingerprint density at radius 1 is 1.11 bits per heavy atom. The van der Waals surface area contributed by atoms with E-state index in [4.69, 9.17) is 11.5 Å². The van der Waals surface area contributed by atoms with E-state index in [1.165, 1.54) is 0 Å². The molecule has 0 saturated carbocycles. The minimum absolute atomic E-state index is 0. The SMILES string of the molecule is Cl.NC(=O)C(O)C(N)c1ccc2ccccc2c1. The van der Waals surface area contributed by atoms with Crippen LogP contribution in [-0.2, 0) is 4.79 Å². The number of nitrogens with two attached hydrogens (primary N) is 2. The summed E-state index contributed by atoms with van der Waals surface area (Å²) in [6, 6.07) is 12.5. The summed E-state index contributed by atoms with van der Waals surface area (Å²) in [5.41, 5.74) is 11.5. The Labute approximate surface area is 111 Å². The predicted octanol–water partition coefficient (Wildman–Crippen LogP) is 1.11. The third-order valence-corrected chi connectivity index (χ3v) is 2.79. The molecule has 5 heteroatoms. The highest BCUT2D eigenvalue weighted by Gasteiger charge is 2.21. The second-order valence-electron chi connectivity index (χ2n) is 3.98. The van der Waals surface area contributed by atoms with E-state index in [9.17, 15) is 9.90 Å². The van der Waals surface area contributed by atoms with Crippen molar-refractivity contribution in [2.45, 2.75) is 12.1 Å². The van der Waals surface area contributed by atoms with Gasteiger partial charge in [-0.1, -0.05) is 36.4 Å². The Hall–Kier alpha value is -1.62. The summed E-state index contributed by atoms with van der Waals surface area (Å²) < 4.78 is 0. The number of benzene rings is 2. The molecule has 2 aromatic carbocycles. The molecule has 0 bridgehead atoms. The zero-order chi connectivity index (χ0) is 12.4. The van der Waals surface area contributed by atoms with Crippen LogP contribution in [0.3, 0.4) is 0 Å². The molecule has 18 heavy (non-hydrogen) atoms. The number of rotatable bonds is 3. The minimum atomic E-state index is -1.36. The molecule has 2 unspecified atom stereocenters. The van der Waals surface area contributed by atoms with Crippen LogP contribution in [0.4, 0.5) is 0 Å². The molecule has 5 N–H and O–H groups in total. The molecule has 96 valence electrons. The van der Waals surface area contributed by atoms with Gasteiger partial charge < -0.3 is 16.6 Å². The molecule has 2 atom stereocenters. The van der Waals surface area contributed by atoms with E-state index in [0.29, 0.717) is 5.56 Å². The Balaban J connectivity index is 0.00000162. The lowest BCUT2D eigenvalue weighted by Gasteiger charge is -2.16. The summed E-state index contributed by atoms with van der Waals surface area (Å²) in [6.45, 7) is 0. The zero-order valence-electron chi connectivity index (χ0n) is 9.61. The lowest BCUT2D eigenvalue weighted by molar-refractivity contribution is -0.127. The van der Waals surface area contributed by atoms with E-state index in [0.717, 1.165) is 10.8 Å². The van der Waals surface area contributed by atoms with Crippen molar-refractivity contribution in [2.24, 2.45) is 11.5 Å². The van der Waals surface area contributed by atoms with Crippen LogP contribution in [0.5, 0.6) is 0 Å². The van der Waals surface area contributed by atoms with E-state index in [2.05, 4.69) is 0 Å². The smallest absolute Gasteiger partial charge is 0.248 e. The molecule has 0 saturated heterocycles. The van der Waals surface area contributed by atoms with Crippen LogP contribution in [0, 0.1) is 0 Å². The third-order valence-electron chi connectivity index (χ3n) is 2.79. The summed E-state index contributed by atoms with van der Waals surface area (Å²) in [5, 5.41) is 11.6. The first kappa shape index (κ1) is 14.4. The number of carbonyl (C=O) groups is 1. The summed E-state index contributed by atoms with van der Waals surface area (Å²) in [7, 11) is 0. The van der Waals surface area contributed by atoms with Crippen molar-refractivity contribution in [3.8, 4) is 0 Å². The minimum Gasteiger partial charge on any atom is -0.381 e. The Bertz CT molecular complexity index is 559. The fourth-order valence-corrected chi connectivity index (χ4v) is 1.77. The van der Waals surface area contributed by atoms with Crippen molar-refractivity contribution in [3.63, 3.8) is 0 Å². The van der Waals surface area contributed by atoms with Gasteiger partial charge in [-0.2, -0.15) is 0 Å². The number of aliphatic hydroxyl groups is 1. The zero-order valence-corrected chi connectivity index (χ0v) is 10.4. The summed E-state index contributed by atoms with van der Waals surface area (Å²) >= 11 is 0. The maximum absolute atomic E-state index is 10.9. The average Bonchev–Trinajstić information content (AvgIpc) is 2.36. The Morgan fingerprint density at radius 3 is 2.33 bits per heavy atom. The highest BCUT2D eigenvalue weighted by molar-refractivity contribution is 5.85. The maximum atomic E-state index is 10.9. The second-order valence-corrected chi connectivity index (χ2v) is 3.98. The van der Waals surface area contributed by atoms with Crippen molar-refractivity contribution in [1.82, 2.24) is 0 Å². The number of halogens is 1. The van der Waals surface area contributed by atoms with Gasteiger partial charge in [0.1, 0.15) is 0 Å². The van der Waals surface area contributed by atoms with Crippen molar-refractivity contribution >= 4 is 29.1 Å². The topological polar surface area (TPSA) is 89.3 Å². The summed E-state index contributed by atoms with van der Waals surface area (Å²) in [4.78, 5) is 10.9. The summed E-state index contributed by atoms with van der Waals surface area (Å²) in [6.07, 6.45) is -1.36. The van der Waals surface area contributed by atoms with Gasteiger partial charge in [-0.05, 0) is 22.4 Å². The molecule has 4 nitrogen and oxygen atoms in total. The molecule has 0 aliphatic rings. The van der Waals surface area contributed by atoms with E-state index >= 15 is 0 Å². The van der Waals surface area contributed by atoms with Crippen LogP contribution in [0.2, 0.25) is 0 Å². The van der Waals surface area contributed by atoms with Gasteiger partial charge in [-0.15, -0.1) is 12.4 Å². The fraction of sp³-hybridized carbons (Fsp3) is 0.154. The van der Waals surface area contributed by atoms with Crippen molar-refractivity contribution < 1.29 is 9.90 Å². The Kier molecular flexibility index (Phi) is 4.67. The molecule has 0 spiro atoms. The average molecular weight is 267 g/mol. The van der Waals surface area contributed by atoms with Gasteiger partial charge in [-0.3, -0.25) is 4.79 Å². The van der Waals surface area contributed by atoms with Gasteiger partial charge in [0.25, 0.3) is 0 Å². The van der Waals surface area contributed by atoms with Crippen molar-refractivity contribution in [1.29, 1.82) is 0 Å². The van der Waals surface area contributed by atoms with E-state index in [1.54, 1.807) is 6.07 Å². The lowest BCUT2D eigenvalue weighted by atomic mass is 9.98. The molecule has 0 fully saturated rings. The second kappa shape index (κ2) is 5.82. The van der Waals surface area contributed by atoms with Crippen LogP contribution in [0.1, 0.15) is 11.6 Å². The molecular weight excluding hydrogens is 252 g/mol. The first-order valence-electron chi connectivity index (χ1n) is 5.31. The van der Waals surface area contributed by atoms with Crippen LogP contribution in [0.15, 0.2) is 42.5 Å². The first-order chi connectivity index (χ1) is 8.09. The molecule has 0 heterocycles. The molecule has 0 aliphatic heterocycles. The quantitative estimate of drug-likeness (QED) is 0.777. The van der Waals surface area contributed by atoms with Gasteiger partial charge in [-0.25, -0.2) is 0 Å². The van der Waals surface area contributed by atoms with Gasteiger partial charge in [0.15, 0.2) is 6.10 Å². The monoisotopic (exact) mass is 266 g/mol. The Morgan fingerprint density at radius 2 is 1.72 bits per heavy atom. The number of carbonyl (C=O) groups excluding carboxylic acids is 1. The normalized spacial score (nSPS) is 13.7. The first-order valence-corrected chi connectivity index (χ1v) is 5.31. The maximum Gasteiger partial charge on any atom is 0.248 e. The largest absolute Gasteiger partial charge is 0.381 e. The van der Waals surface area contributed by atoms with Crippen molar-refractivity contribution in [2.75, 3.05) is 0 Å². The summed E-state index contributed by atoms with van der Waals surface area (Å²) in [5.74, 6) is -0.814. The van der Waals surface area contributed by atoms with E-state index < -0.39 is 18.1 Å². The van der Waals surface area contributed by atoms with E-state index in [1.807, 2.05) is 36.4 Å². The number of aliphatic hydroxyl groups excluding tert-OH is 1. The third kappa shape index (κ3) is 2.79. The van der Waals surface area contributed by atoms with Gasteiger partial charge >= 0.3 is 0 Å². The molecule has 0 radical (unpaired) electrons. The molecule has 0 aromatic heterocycles. The number of hydrogen-bond donors (Lipinski definition) is 3. The molecule has 2 rings (SSSR count). The van der Waals surface area contributed by atoms with Crippen LogP contribution >= 0.6 is 12.4 Å². The highest BCUT2D eigenvalue weighted by atomic mass is 35.5. The molecule has 2 aromatic rings. The fourth-order valence-electron chi connectivity index (χ4n) is 1.77. The standard InChI is InChI=1S/C13H14N2O2.ClH/c14-11(12(16)13(15)17)10-6-5-8-3-1-2-4-9(8)7-10;/h1-7,11-12,16H,14H2,(H2,15,17);1H. The number of fused-ring (bicyclic) bond motifs is 1. The highest BCUT2D eigenvalue weighted by Crippen LogP contribution is 2.20. The van der Waals surface area contributed by atoms with Crippen molar-refractivity contribution in [3.05, 3.63) is 48.0 Å².